The van der Waals surface area contributed by atoms with E-state index in [-0.39, 0.29) is 8.07 Å². The van der Waals surface area contributed by atoms with Crippen molar-refractivity contribution in [1.82, 2.24) is 4.67 Å². The molecule has 0 aromatic carbocycles. The summed E-state index contributed by atoms with van der Waals surface area (Å²) in [4.78, 5) is 0. The van der Waals surface area contributed by atoms with Crippen LogP contribution in [0.4, 0.5) is 0 Å². The lowest BCUT2D eigenvalue weighted by molar-refractivity contribution is 0.0627. The van der Waals surface area contributed by atoms with Gasteiger partial charge >= 0.3 is 0 Å². The summed E-state index contributed by atoms with van der Waals surface area (Å²) in [5.41, 5.74) is 1.06. The minimum Gasteiger partial charge on any atom is -0.281 e. The van der Waals surface area contributed by atoms with Crippen molar-refractivity contribution < 1.29 is 0 Å². The van der Waals surface area contributed by atoms with Gasteiger partial charge in [0.05, 0.1) is 0 Å². The highest BCUT2D eigenvalue weighted by Crippen LogP contribution is 2.61. The molecule has 1 nitrogen and oxygen atoms in total. The molecule has 1 saturated heterocycles. The molecule has 0 aromatic heterocycles. The van der Waals surface area contributed by atoms with Crippen molar-refractivity contribution in [3.63, 3.8) is 0 Å². The highest BCUT2D eigenvalue weighted by atomic mass is 31.1. The number of hydrogen-bond donors (Lipinski definition) is 0. The summed E-state index contributed by atoms with van der Waals surface area (Å²) in [5.74, 6) is 0. The maximum absolute atomic E-state index is 4.22. The highest BCUT2D eigenvalue weighted by Gasteiger charge is 2.47. The molecule has 1 heterocycles. The minimum absolute atomic E-state index is 0.0451. The molecule has 1 unspecified atom stereocenters. The smallest absolute Gasteiger partial charge is 0.00901 e. The summed E-state index contributed by atoms with van der Waals surface area (Å²) in [6.45, 7) is 19.2. The third-order valence-corrected chi connectivity index (χ3v) is 9.94. The maximum Gasteiger partial charge on any atom is 0.00901 e. The quantitative estimate of drug-likeness (QED) is 0.385. The van der Waals surface area contributed by atoms with Crippen LogP contribution < -0.4 is 0 Å². The van der Waals surface area contributed by atoms with Gasteiger partial charge in [0.25, 0.3) is 0 Å². The van der Waals surface area contributed by atoms with Crippen molar-refractivity contribution in [2.24, 2.45) is 10.8 Å². The molecule has 1 saturated carbocycles. The molecule has 0 amide bonds. The summed E-state index contributed by atoms with van der Waals surface area (Å²) in [7, 11) is -0.0451. The van der Waals surface area contributed by atoms with Gasteiger partial charge in [-0.05, 0) is 62.8 Å². The van der Waals surface area contributed by atoms with E-state index in [1.807, 2.05) is 0 Å². The number of hydrogen-bond acceptors (Lipinski definition) is 1. The van der Waals surface area contributed by atoms with Crippen LogP contribution >= 0.6 is 8.07 Å². The van der Waals surface area contributed by atoms with E-state index in [0.29, 0.717) is 16.0 Å². The molecule has 0 spiro atoms. The first-order valence-electron chi connectivity index (χ1n) is 9.44. The van der Waals surface area contributed by atoms with Crippen LogP contribution in [0.15, 0.2) is 12.7 Å². The van der Waals surface area contributed by atoms with Gasteiger partial charge in [-0.25, -0.2) is 0 Å². The summed E-state index contributed by atoms with van der Waals surface area (Å²) < 4.78 is 2.81. The molecular weight excluding hydrogens is 285 g/mol. The van der Waals surface area contributed by atoms with Crippen molar-refractivity contribution in [2.75, 3.05) is 19.8 Å². The predicted molar refractivity (Wildman–Crippen MR) is 102 cm³/mol. The second-order valence-corrected chi connectivity index (χ2v) is 11.5. The monoisotopic (exact) mass is 323 g/mol. The van der Waals surface area contributed by atoms with Gasteiger partial charge in [-0.2, -0.15) is 0 Å². The van der Waals surface area contributed by atoms with E-state index < -0.39 is 0 Å². The van der Waals surface area contributed by atoms with Crippen molar-refractivity contribution >= 4 is 8.07 Å². The summed E-state index contributed by atoms with van der Waals surface area (Å²) >= 11 is 0. The fourth-order valence-corrected chi connectivity index (χ4v) is 7.04. The van der Waals surface area contributed by atoms with Crippen LogP contribution in [0, 0.1) is 10.8 Å². The Morgan fingerprint density at radius 3 is 2.09 bits per heavy atom. The maximum atomic E-state index is 4.22. The number of allylic oxidation sites excluding steroid dienone is 1. The van der Waals surface area contributed by atoms with E-state index in [1.54, 1.807) is 0 Å². The Labute approximate surface area is 140 Å². The second kappa shape index (κ2) is 6.94. The third kappa shape index (κ3) is 3.62. The average Bonchev–Trinajstić information content (AvgIpc) is 2.47. The zero-order valence-corrected chi connectivity index (χ0v) is 16.6. The lowest BCUT2D eigenvalue weighted by Crippen LogP contribution is -2.54. The van der Waals surface area contributed by atoms with Crippen LogP contribution in [0.3, 0.4) is 0 Å². The highest BCUT2D eigenvalue weighted by molar-refractivity contribution is 7.56. The van der Waals surface area contributed by atoms with Crippen molar-refractivity contribution in [3.8, 4) is 0 Å². The molecule has 22 heavy (non-hydrogen) atoms. The zero-order valence-electron chi connectivity index (χ0n) is 15.7. The van der Waals surface area contributed by atoms with E-state index in [2.05, 4.69) is 51.7 Å². The summed E-state index contributed by atoms with van der Waals surface area (Å²) in [6, 6.07) is 0. The molecule has 0 radical (unpaired) electrons. The molecule has 128 valence electrons. The van der Waals surface area contributed by atoms with Gasteiger partial charge in [0.15, 0.2) is 0 Å². The Balaban J connectivity index is 1.99. The minimum atomic E-state index is -0.0451. The molecule has 0 N–H and O–H groups in total. The van der Waals surface area contributed by atoms with Gasteiger partial charge in [-0.3, -0.25) is 4.67 Å². The predicted octanol–water partition coefficient (Wildman–Crippen LogP) is 6.44. The van der Waals surface area contributed by atoms with Crippen molar-refractivity contribution in [2.45, 2.75) is 84.2 Å². The summed E-state index contributed by atoms with van der Waals surface area (Å²) in [5, 5.41) is 0.439. The van der Waals surface area contributed by atoms with E-state index >= 15 is 0 Å². The van der Waals surface area contributed by atoms with E-state index in [9.17, 15) is 0 Å². The van der Waals surface area contributed by atoms with Crippen LogP contribution in [-0.4, -0.2) is 29.6 Å². The first-order chi connectivity index (χ1) is 10.3. The van der Waals surface area contributed by atoms with Gasteiger partial charge in [-0.1, -0.05) is 53.0 Å². The molecule has 0 aromatic rings. The Morgan fingerprint density at radius 1 is 1.09 bits per heavy atom. The van der Waals surface area contributed by atoms with Gasteiger partial charge in [0.2, 0.25) is 0 Å². The molecule has 2 rings (SSSR count). The number of nitrogens with zero attached hydrogens (tertiary/aromatic N) is 1. The van der Waals surface area contributed by atoms with Gasteiger partial charge in [0, 0.05) is 13.1 Å². The average molecular weight is 324 g/mol. The fourth-order valence-electron chi connectivity index (χ4n) is 4.71. The first-order valence-corrected chi connectivity index (χ1v) is 11.2. The number of rotatable bonds is 7. The Bertz CT molecular complexity index is 369. The first kappa shape index (κ1) is 18.5. The van der Waals surface area contributed by atoms with Gasteiger partial charge < -0.3 is 0 Å². The Morgan fingerprint density at radius 2 is 1.64 bits per heavy atom. The van der Waals surface area contributed by atoms with Gasteiger partial charge in [0.1, 0.15) is 0 Å². The summed E-state index contributed by atoms with van der Waals surface area (Å²) in [6.07, 6.45) is 13.3. The van der Waals surface area contributed by atoms with E-state index in [1.165, 1.54) is 64.5 Å². The topological polar surface area (TPSA) is 3.24 Å². The molecule has 2 fully saturated rings. The van der Waals surface area contributed by atoms with Crippen molar-refractivity contribution in [3.05, 3.63) is 12.7 Å². The second-order valence-electron chi connectivity index (χ2n) is 8.67. The van der Waals surface area contributed by atoms with Gasteiger partial charge in [-0.15, -0.1) is 6.58 Å². The SMILES string of the molecule is C=CC1(CC(C)(C)P(C)N2CC(CC)(CC)C2)CCCCC1. The molecule has 1 aliphatic heterocycles. The molecule has 2 aliphatic rings. The van der Waals surface area contributed by atoms with Crippen LogP contribution in [0.25, 0.3) is 0 Å². The Hall–Kier alpha value is 0.130. The normalized spacial score (nSPS) is 26.2. The molecule has 1 aliphatic carbocycles. The van der Waals surface area contributed by atoms with Crippen LogP contribution in [-0.2, 0) is 0 Å². The molecule has 0 bridgehead atoms. The zero-order chi connectivity index (χ0) is 16.4. The van der Waals surface area contributed by atoms with Crippen LogP contribution in [0.2, 0.25) is 0 Å². The molecule has 1 atom stereocenters. The lowest BCUT2D eigenvalue weighted by atomic mass is 9.69. The molecule has 2 heteroatoms. The van der Waals surface area contributed by atoms with E-state index in [4.69, 9.17) is 0 Å². The third-order valence-electron chi connectivity index (χ3n) is 6.90. The van der Waals surface area contributed by atoms with Crippen LogP contribution in [0.1, 0.15) is 79.1 Å². The standard InChI is InChI=1S/C20H38NP/c1-7-19(8-2)16-21(17-19)22(6)18(4,5)15-20(9-3)13-11-10-12-14-20/h9H,3,7-8,10-17H2,1-2,4-6H3. The molecular formula is C20H38NP. The lowest BCUT2D eigenvalue weighted by Gasteiger charge is -2.56. The van der Waals surface area contributed by atoms with Crippen molar-refractivity contribution in [1.29, 1.82) is 0 Å². The van der Waals surface area contributed by atoms with E-state index in [0.717, 1.165) is 0 Å². The largest absolute Gasteiger partial charge is 0.281 e. The Kier molecular flexibility index (Phi) is 5.82. The van der Waals surface area contributed by atoms with Crippen LogP contribution in [0.5, 0.6) is 0 Å². The fraction of sp³-hybridized carbons (Fsp3) is 0.900.